The van der Waals surface area contributed by atoms with E-state index in [1.54, 1.807) is 14.2 Å². The first-order valence-electron chi connectivity index (χ1n) is 12.0. The van der Waals surface area contributed by atoms with E-state index in [1.165, 1.54) is 0 Å². The van der Waals surface area contributed by atoms with Crippen molar-refractivity contribution in [2.75, 3.05) is 27.4 Å². The van der Waals surface area contributed by atoms with Gasteiger partial charge in [-0.15, -0.1) is 0 Å². The minimum absolute atomic E-state index is 0.0198. The molecule has 0 radical (unpaired) electrons. The molecule has 7 heteroatoms. The fourth-order valence-electron chi connectivity index (χ4n) is 4.46. The van der Waals surface area contributed by atoms with Crippen LogP contribution < -0.4 is 14.2 Å². The number of carbonyl (C=O) groups is 1. The monoisotopic (exact) mass is 463 g/mol. The molecule has 1 N–H and O–H groups in total. The molecule has 4 rings (SSSR count). The van der Waals surface area contributed by atoms with E-state index < -0.39 is 0 Å². The first-order chi connectivity index (χ1) is 16.6. The predicted octanol–water partition coefficient (Wildman–Crippen LogP) is 5.62. The summed E-state index contributed by atoms with van der Waals surface area (Å²) in [5.74, 6) is 2.12. The van der Waals surface area contributed by atoms with Crippen LogP contribution in [0.2, 0.25) is 0 Å². The number of hydrogen-bond acceptors (Lipinski definition) is 5. The maximum atomic E-state index is 13.5. The molecule has 34 heavy (non-hydrogen) atoms. The number of ether oxygens (including phenoxy) is 3. The maximum absolute atomic E-state index is 13.5. The van der Waals surface area contributed by atoms with Crippen molar-refractivity contribution in [3.05, 3.63) is 59.3 Å². The van der Waals surface area contributed by atoms with Gasteiger partial charge in [-0.25, -0.2) is 0 Å². The summed E-state index contributed by atoms with van der Waals surface area (Å²) in [7, 11) is 3.29. The highest BCUT2D eigenvalue weighted by Gasteiger charge is 2.42. The normalized spacial score (nSPS) is 14.9. The Balaban J connectivity index is 1.79. The van der Waals surface area contributed by atoms with Gasteiger partial charge in [0.15, 0.2) is 11.5 Å². The molecule has 0 spiro atoms. The van der Waals surface area contributed by atoms with Crippen molar-refractivity contribution in [3.8, 4) is 28.5 Å². The van der Waals surface area contributed by atoms with E-state index in [4.69, 9.17) is 14.2 Å². The van der Waals surface area contributed by atoms with Crippen LogP contribution in [0.4, 0.5) is 0 Å². The van der Waals surface area contributed by atoms with Crippen LogP contribution in [0.15, 0.2) is 42.5 Å². The molecule has 1 aliphatic heterocycles. The number of aromatic amines is 1. The second-order valence-corrected chi connectivity index (χ2v) is 8.46. The Morgan fingerprint density at radius 1 is 0.971 bits per heavy atom. The zero-order chi connectivity index (χ0) is 24.1. The molecule has 0 saturated carbocycles. The van der Waals surface area contributed by atoms with Crippen LogP contribution in [0.25, 0.3) is 11.3 Å². The Morgan fingerprint density at radius 3 is 2.44 bits per heavy atom. The SMILES string of the molecule is CCCCCN1C(=O)c2[nH]nc(-c3ccc(OC)cc3)c2C1c1ccc(OCCC)c(OC)c1. The van der Waals surface area contributed by atoms with Gasteiger partial charge in [-0.1, -0.05) is 32.8 Å². The number of H-pyrrole nitrogens is 1. The van der Waals surface area contributed by atoms with Crippen LogP contribution in [-0.2, 0) is 0 Å². The summed E-state index contributed by atoms with van der Waals surface area (Å²) in [6.45, 7) is 5.53. The lowest BCUT2D eigenvalue weighted by Gasteiger charge is -2.27. The van der Waals surface area contributed by atoms with Gasteiger partial charge in [0.05, 0.1) is 32.6 Å². The van der Waals surface area contributed by atoms with Crippen molar-refractivity contribution >= 4 is 5.91 Å². The van der Waals surface area contributed by atoms with Gasteiger partial charge in [0, 0.05) is 17.7 Å². The van der Waals surface area contributed by atoms with Gasteiger partial charge >= 0.3 is 0 Å². The summed E-state index contributed by atoms with van der Waals surface area (Å²) in [6.07, 6.45) is 4.02. The lowest BCUT2D eigenvalue weighted by molar-refractivity contribution is 0.0740. The third kappa shape index (κ3) is 4.47. The molecule has 7 nitrogen and oxygen atoms in total. The first-order valence-corrected chi connectivity index (χ1v) is 12.0. The Kier molecular flexibility index (Phi) is 7.40. The number of rotatable bonds is 11. The van der Waals surface area contributed by atoms with Crippen LogP contribution >= 0.6 is 0 Å². The molecule has 1 unspecified atom stereocenters. The first kappa shape index (κ1) is 23.7. The zero-order valence-corrected chi connectivity index (χ0v) is 20.4. The number of benzene rings is 2. The average Bonchev–Trinajstić information content (AvgIpc) is 3.42. The van der Waals surface area contributed by atoms with Gasteiger partial charge in [0.25, 0.3) is 5.91 Å². The minimum atomic E-state index is -0.260. The summed E-state index contributed by atoms with van der Waals surface area (Å²) in [5.41, 5.74) is 4.13. The van der Waals surface area contributed by atoms with Crippen molar-refractivity contribution in [1.82, 2.24) is 15.1 Å². The molecule has 3 aromatic rings. The predicted molar refractivity (Wildman–Crippen MR) is 132 cm³/mol. The van der Waals surface area contributed by atoms with Crippen molar-refractivity contribution in [2.24, 2.45) is 0 Å². The van der Waals surface area contributed by atoms with Gasteiger partial charge < -0.3 is 19.1 Å². The number of hydrogen-bond donors (Lipinski definition) is 1. The molecule has 1 aromatic heterocycles. The number of fused-ring (bicyclic) bond motifs is 1. The number of carbonyl (C=O) groups excluding carboxylic acids is 1. The van der Waals surface area contributed by atoms with Gasteiger partial charge in [0.1, 0.15) is 11.4 Å². The Bertz CT molecular complexity index is 1120. The number of nitrogens with one attached hydrogen (secondary N) is 1. The summed E-state index contributed by atoms with van der Waals surface area (Å²) in [5, 5.41) is 7.57. The van der Waals surface area contributed by atoms with E-state index in [2.05, 4.69) is 24.0 Å². The zero-order valence-electron chi connectivity index (χ0n) is 20.4. The number of unbranched alkanes of at least 4 members (excludes halogenated alkanes) is 2. The van der Waals surface area contributed by atoms with Crippen LogP contribution in [0, 0.1) is 0 Å². The Hall–Kier alpha value is -3.48. The molecule has 0 bridgehead atoms. The van der Waals surface area contributed by atoms with E-state index in [0.29, 0.717) is 30.3 Å². The lowest BCUT2D eigenvalue weighted by Crippen LogP contribution is -2.30. The molecule has 1 atom stereocenters. The number of nitrogens with zero attached hydrogens (tertiary/aromatic N) is 2. The van der Waals surface area contributed by atoms with Gasteiger partial charge in [-0.2, -0.15) is 5.10 Å². The fourth-order valence-corrected chi connectivity index (χ4v) is 4.46. The molecule has 2 aromatic carbocycles. The third-order valence-electron chi connectivity index (χ3n) is 6.19. The molecule has 180 valence electrons. The van der Waals surface area contributed by atoms with Crippen LogP contribution in [0.3, 0.4) is 0 Å². The van der Waals surface area contributed by atoms with Crippen molar-refractivity contribution < 1.29 is 19.0 Å². The van der Waals surface area contributed by atoms with Gasteiger partial charge in [-0.05, 0) is 54.8 Å². The fraction of sp³-hybridized carbons (Fsp3) is 0.407. The van der Waals surface area contributed by atoms with E-state index >= 15 is 0 Å². The molecule has 1 amide bonds. The molecular weight excluding hydrogens is 430 g/mol. The smallest absolute Gasteiger partial charge is 0.273 e. The van der Waals surface area contributed by atoms with Crippen LogP contribution in [-0.4, -0.2) is 48.4 Å². The second kappa shape index (κ2) is 10.6. The molecular formula is C27H33N3O4. The van der Waals surface area contributed by atoms with Gasteiger partial charge in [-0.3, -0.25) is 9.89 Å². The lowest BCUT2D eigenvalue weighted by atomic mass is 9.95. The average molecular weight is 464 g/mol. The van der Waals surface area contributed by atoms with E-state index in [1.807, 2.05) is 47.4 Å². The standard InChI is InChI=1S/C27H33N3O4/c1-5-7-8-15-30-26(19-11-14-21(34-16-6-2)22(17-19)33-4)23-24(28-29-25(23)27(30)31)18-9-12-20(32-3)13-10-18/h9-14,17,26H,5-8,15-16H2,1-4H3,(H,28,29). The minimum Gasteiger partial charge on any atom is -0.497 e. The highest BCUT2D eigenvalue weighted by atomic mass is 16.5. The highest BCUT2D eigenvalue weighted by Crippen LogP contribution is 2.44. The van der Waals surface area contributed by atoms with Crippen molar-refractivity contribution in [2.45, 2.75) is 45.6 Å². The summed E-state index contributed by atoms with van der Waals surface area (Å²) in [6, 6.07) is 13.4. The summed E-state index contributed by atoms with van der Waals surface area (Å²) >= 11 is 0. The van der Waals surface area contributed by atoms with Gasteiger partial charge in [0.2, 0.25) is 0 Å². The Morgan fingerprint density at radius 2 is 1.76 bits per heavy atom. The molecule has 2 heterocycles. The number of methoxy groups -OCH3 is 2. The van der Waals surface area contributed by atoms with E-state index in [-0.39, 0.29) is 11.9 Å². The molecule has 1 aliphatic rings. The van der Waals surface area contributed by atoms with E-state index in [0.717, 1.165) is 53.8 Å². The third-order valence-corrected chi connectivity index (χ3v) is 6.19. The second-order valence-electron chi connectivity index (χ2n) is 8.46. The topological polar surface area (TPSA) is 76.7 Å². The van der Waals surface area contributed by atoms with Crippen LogP contribution in [0.5, 0.6) is 17.2 Å². The number of aromatic nitrogens is 2. The quantitative estimate of drug-likeness (QED) is 0.374. The largest absolute Gasteiger partial charge is 0.497 e. The molecule has 0 fully saturated rings. The summed E-state index contributed by atoms with van der Waals surface area (Å²) in [4.78, 5) is 15.4. The Labute approximate surface area is 201 Å². The molecule has 0 saturated heterocycles. The van der Waals surface area contributed by atoms with Crippen LogP contribution in [0.1, 0.15) is 67.2 Å². The summed E-state index contributed by atoms with van der Waals surface area (Å²) < 4.78 is 16.8. The molecule has 0 aliphatic carbocycles. The van der Waals surface area contributed by atoms with Crippen molar-refractivity contribution in [3.63, 3.8) is 0 Å². The van der Waals surface area contributed by atoms with Crippen molar-refractivity contribution in [1.29, 1.82) is 0 Å². The number of amides is 1. The maximum Gasteiger partial charge on any atom is 0.273 e. The highest BCUT2D eigenvalue weighted by molar-refractivity contribution is 6.00. The van der Waals surface area contributed by atoms with E-state index in [9.17, 15) is 4.79 Å².